The Hall–Kier alpha value is -3.85. The van der Waals surface area contributed by atoms with Gasteiger partial charge in [-0.25, -0.2) is 8.42 Å². The SMILES string of the molecule is O=C(NC1CCCC1)C(Cc1ccccc1)N(Cc1cccc(Cl)c1)C(=O)CN(c1ccc(Cl)cc1)S(=O)(=O)c1ccccc1. The van der Waals surface area contributed by atoms with Crippen molar-refractivity contribution in [2.45, 2.75) is 55.6 Å². The number of hydrogen-bond acceptors (Lipinski definition) is 4. The molecule has 4 aromatic rings. The largest absolute Gasteiger partial charge is 0.352 e. The Morgan fingerprint density at radius 3 is 2.04 bits per heavy atom. The van der Waals surface area contributed by atoms with Crippen molar-refractivity contribution in [3.05, 3.63) is 130 Å². The number of halogens is 2. The first kappa shape index (κ1) is 32.5. The van der Waals surface area contributed by atoms with Crippen molar-refractivity contribution in [3.8, 4) is 0 Å². The molecule has 10 heteroatoms. The van der Waals surface area contributed by atoms with Gasteiger partial charge in [0.05, 0.1) is 10.6 Å². The van der Waals surface area contributed by atoms with Gasteiger partial charge in [0.25, 0.3) is 10.0 Å². The van der Waals surface area contributed by atoms with Crippen LogP contribution in [0.25, 0.3) is 0 Å². The topological polar surface area (TPSA) is 86.8 Å². The Morgan fingerprint density at radius 2 is 1.40 bits per heavy atom. The number of anilines is 1. The Labute approximate surface area is 274 Å². The number of nitrogens with one attached hydrogen (secondary N) is 1. The van der Waals surface area contributed by atoms with Crippen LogP contribution in [0.1, 0.15) is 36.8 Å². The molecule has 1 atom stereocenters. The molecule has 1 unspecified atom stereocenters. The molecule has 1 saturated carbocycles. The minimum absolute atomic E-state index is 0.0305. The molecule has 0 saturated heterocycles. The van der Waals surface area contributed by atoms with Crippen LogP contribution in [0.3, 0.4) is 0 Å². The second-order valence-electron chi connectivity index (χ2n) is 11.1. The lowest BCUT2D eigenvalue weighted by molar-refractivity contribution is -0.140. The fourth-order valence-corrected chi connectivity index (χ4v) is 7.38. The van der Waals surface area contributed by atoms with Crippen LogP contribution in [0.4, 0.5) is 5.69 Å². The molecule has 0 spiro atoms. The van der Waals surface area contributed by atoms with E-state index in [1.165, 1.54) is 17.0 Å². The van der Waals surface area contributed by atoms with Gasteiger partial charge >= 0.3 is 0 Å². The molecule has 7 nitrogen and oxygen atoms in total. The van der Waals surface area contributed by atoms with Gasteiger partial charge in [0.2, 0.25) is 11.8 Å². The summed E-state index contributed by atoms with van der Waals surface area (Å²) in [5.41, 5.74) is 1.86. The zero-order valence-electron chi connectivity index (χ0n) is 24.7. The summed E-state index contributed by atoms with van der Waals surface area (Å²) in [7, 11) is -4.18. The van der Waals surface area contributed by atoms with Crippen molar-refractivity contribution in [3.63, 3.8) is 0 Å². The van der Waals surface area contributed by atoms with Crippen LogP contribution >= 0.6 is 23.2 Å². The third kappa shape index (κ3) is 8.45. The van der Waals surface area contributed by atoms with Crippen LogP contribution in [0.5, 0.6) is 0 Å². The number of carbonyl (C=O) groups excluding carboxylic acids is 2. The summed E-state index contributed by atoms with van der Waals surface area (Å²) in [4.78, 5) is 30.1. The van der Waals surface area contributed by atoms with Crippen LogP contribution in [0.2, 0.25) is 10.0 Å². The van der Waals surface area contributed by atoms with Gasteiger partial charge in [0.15, 0.2) is 0 Å². The van der Waals surface area contributed by atoms with Crippen molar-refractivity contribution in [2.75, 3.05) is 10.8 Å². The molecule has 0 bridgehead atoms. The molecule has 1 fully saturated rings. The molecule has 1 aliphatic rings. The maximum absolute atomic E-state index is 14.5. The van der Waals surface area contributed by atoms with Crippen LogP contribution < -0.4 is 9.62 Å². The predicted octanol–water partition coefficient (Wildman–Crippen LogP) is 6.89. The lowest BCUT2D eigenvalue weighted by Gasteiger charge is -2.34. The number of rotatable bonds is 12. The first-order valence-corrected chi connectivity index (χ1v) is 17.1. The van der Waals surface area contributed by atoms with E-state index in [9.17, 15) is 18.0 Å². The van der Waals surface area contributed by atoms with Crippen LogP contribution in [0, 0.1) is 0 Å². The van der Waals surface area contributed by atoms with Gasteiger partial charge < -0.3 is 10.2 Å². The Kier molecular flexibility index (Phi) is 10.8. The molecule has 4 aromatic carbocycles. The van der Waals surface area contributed by atoms with E-state index in [2.05, 4.69) is 5.32 Å². The molecular weight excluding hydrogens is 629 g/mol. The van der Waals surface area contributed by atoms with Crippen molar-refractivity contribution in [1.29, 1.82) is 0 Å². The van der Waals surface area contributed by atoms with Gasteiger partial charge in [-0.05, 0) is 72.5 Å². The highest BCUT2D eigenvalue weighted by molar-refractivity contribution is 7.92. The summed E-state index contributed by atoms with van der Waals surface area (Å²) in [6.45, 7) is -0.490. The van der Waals surface area contributed by atoms with E-state index in [4.69, 9.17) is 23.2 Å². The molecule has 234 valence electrons. The zero-order chi connectivity index (χ0) is 31.8. The van der Waals surface area contributed by atoms with E-state index in [1.54, 1.807) is 60.7 Å². The van der Waals surface area contributed by atoms with Gasteiger partial charge in [-0.1, -0.05) is 96.7 Å². The highest BCUT2D eigenvalue weighted by atomic mass is 35.5. The summed E-state index contributed by atoms with van der Waals surface area (Å²) in [5.74, 6) is -0.808. The molecule has 1 N–H and O–H groups in total. The number of nitrogens with zero attached hydrogens (tertiary/aromatic N) is 2. The quantitative estimate of drug-likeness (QED) is 0.179. The monoisotopic (exact) mass is 663 g/mol. The summed E-state index contributed by atoms with van der Waals surface area (Å²) in [5, 5.41) is 4.09. The first-order chi connectivity index (χ1) is 21.7. The van der Waals surface area contributed by atoms with Gasteiger partial charge in [0, 0.05) is 29.1 Å². The van der Waals surface area contributed by atoms with Gasteiger partial charge in [-0.3, -0.25) is 13.9 Å². The fourth-order valence-electron chi connectivity index (χ4n) is 5.61. The maximum Gasteiger partial charge on any atom is 0.264 e. The fraction of sp³-hybridized carbons (Fsp3) is 0.257. The van der Waals surface area contributed by atoms with Gasteiger partial charge in [-0.2, -0.15) is 0 Å². The van der Waals surface area contributed by atoms with Crippen molar-refractivity contribution in [2.24, 2.45) is 0 Å². The minimum Gasteiger partial charge on any atom is -0.352 e. The Balaban J connectivity index is 1.56. The second kappa shape index (κ2) is 15.0. The van der Waals surface area contributed by atoms with E-state index in [0.717, 1.165) is 35.6 Å². The first-order valence-electron chi connectivity index (χ1n) is 14.9. The normalized spacial score (nSPS) is 14.1. The molecule has 2 amide bonds. The average molecular weight is 665 g/mol. The minimum atomic E-state index is -4.18. The van der Waals surface area contributed by atoms with Crippen molar-refractivity contribution < 1.29 is 18.0 Å². The van der Waals surface area contributed by atoms with Crippen LogP contribution in [-0.4, -0.2) is 43.8 Å². The standard InChI is InChI=1S/C35H35Cl2N3O4S/c36-28-18-20-31(21-19-28)40(45(43,44)32-16-5-2-6-17-32)25-34(41)39(24-27-12-9-13-29(37)22-27)33(23-26-10-3-1-4-11-26)35(42)38-30-14-7-8-15-30/h1-6,9-13,16-22,30,33H,7-8,14-15,23-25H2,(H,38,42). The van der Waals surface area contributed by atoms with Crippen LogP contribution in [-0.2, 0) is 32.6 Å². The lowest BCUT2D eigenvalue weighted by Crippen LogP contribution is -2.54. The molecule has 0 aliphatic heterocycles. The zero-order valence-corrected chi connectivity index (χ0v) is 27.0. The van der Waals surface area contributed by atoms with Crippen molar-refractivity contribution in [1.82, 2.24) is 10.2 Å². The Bertz CT molecular complexity index is 1700. The molecule has 5 rings (SSSR count). The van der Waals surface area contributed by atoms with Gasteiger partial charge in [-0.15, -0.1) is 0 Å². The van der Waals surface area contributed by atoms with Crippen molar-refractivity contribution >= 4 is 50.7 Å². The molecular formula is C35H35Cl2N3O4S. The van der Waals surface area contributed by atoms with E-state index in [-0.39, 0.29) is 35.5 Å². The van der Waals surface area contributed by atoms with Gasteiger partial charge in [0.1, 0.15) is 12.6 Å². The third-order valence-corrected chi connectivity index (χ3v) is 10.2. The molecule has 1 aliphatic carbocycles. The molecule has 45 heavy (non-hydrogen) atoms. The molecule has 0 heterocycles. The number of carbonyl (C=O) groups is 2. The van der Waals surface area contributed by atoms with E-state index in [1.807, 2.05) is 36.4 Å². The number of amides is 2. The number of benzene rings is 4. The third-order valence-electron chi connectivity index (χ3n) is 7.94. The number of hydrogen-bond donors (Lipinski definition) is 1. The predicted molar refractivity (Wildman–Crippen MR) is 179 cm³/mol. The van der Waals surface area contributed by atoms with E-state index in [0.29, 0.717) is 15.6 Å². The smallest absolute Gasteiger partial charge is 0.264 e. The molecule has 0 radical (unpaired) electrons. The summed E-state index contributed by atoms with van der Waals surface area (Å²) < 4.78 is 29.1. The van der Waals surface area contributed by atoms with Crippen LogP contribution in [0.15, 0.2) is 114 Å². The summed E-state index contributed by atoms with van der Waals surface area (Å²) >= 11 is 12.4. The average Bonchev–Trinajstić information content (AvgIpc) is 3.56. The highest BCUT2D eigenvalue weighted by Gasteiger charge is 2.35. The molecule has 0 aromatic heterocycles. The maximum atomic E-state index is 14.5. The summed E-state index contributed by atoms with van der Waals surface area (Å²) in [6, 6.07) is 29.9. The lowest BCUT2D eigenvalue weighted by atomic mass is 10.0. The summed E-state index contributed by atoms with van der Waals surface area (Å²) in [6.07, 6.45) is 4.08. The highest BCUT2D eigenvalue weighted by Crippen LogP contribution is 2.27. The number of sulfonamides is 1. The Morgan fingerprint density at radius 1 is 0.778 bits per heavy atom. The second-order valence-corrected chi connectivity index (χ2v) is 13.9. The van der Waals surface area contributed by atoms with E-state index < -0.39 is 28.5 Å². The van der Waals surface area contributed by atoms with E-state index >= 15 is 0 Å².